The van der Waals surface area contributed by atoms with Gasteiger partial charge in [0.2, 0.25) is 0 Å². The summed E-state index contributed by atoms with van der Waals surface area (Å²) >= 11 is 6.14. The van der Waals surface area contributed by atoms with Crippen LogP contribution in [0.15, 0.2) is 30.6 Å². The number of fused-ring (bicyclic) bond motifs is 2. The molecule has 3 heteroatoms. The molecule has 4 atom stereocenters. The molecule has 3 rings (SSSR count). The van der Waals surface area contributed by atoms with Gasteiger partial charge in [0.05, 0.1) is 16.9 Å². The van der Waals surface area contributed by atoms with Crippen molar-refractivity contribution in [2.75, 3.05) is 5.32 Å². The van der Waals surface area contributed by atoms with Gasteiger partial charge in [0.25, 0.3) is 0 Å². The summed E-state index contributed by atoms with van der Waals surface area (Å²) in [7, 11) is 0. The average Bonchev–Trinajstić information content (AvgIpc) is 2.94. The highest BCUT2D eigenvalue weighted by molar-refractivity contribution is 6.33. The van der Waals surface area contributed by atoms with Crippen LogP contribution in [0, 0.1) is 17.8 Å². The second-order valence-electron chi connectivity index (χ2n) is 5.23. The van der Waals surface area contributed by atoms with Crippen molar-refractivity contribution in [3.05, 3.63) is 35.6 Å². The number of rotatable bonds is 3. The molecule has 1 saturated carbocycles. The highest BCUT2D eigenvalue weighted by Crippen LogP contribution is 2.45. The molecule has 2 aliphatic carbocycles. The molecule has 1 heterocycles. The van der Waals surface area contributed by atoms with E-state index in [1.165, 1.54) is 12.8 Å². The highest BCUT2D eigenvalue weighted by atomic mass is 35.5. The zero-order chi connectivity index (χ0) is 11.8. The lowest BCUT2D eigenvalue weighted by Gasteiger charge is -2.27. The number of allylic oxidation sites excluding steroid dienone is 2. The van der Waals surface area contributed by atoms with Crippen LogP contribution in [0.25, 0.3) is 0 Å². The van der Waals surface area contributed by atoms with E-state index < -0.39 is 0 Å². The van der Waals surface area contributed by atoms with Gasteiger partial charge in [-0.1, -0.05) is 23.8 Å². The number of pyridine rings is 1. The minimum atomic E-state index is 0.455. The van der Waals surface area contributed by atoms with Gasteiger partial charge in [-0.2, -0.15) is 0 Å². The van der Waals surface area contributed by atoms with E-state index in [2.05, 4.69) is 29.4 Å². The van der Waals surface area contributed by atoms with Crippen LogP contribution in [-0.4, -0.2) is 11.0 Å². The first kappa shape index (κ1) is 11.1. The molecule has 90 valence electrons. The van der Waals surface area contributed by atoms with Crippen molar-refractivity contribution in [1.82, 2.24) is 4.98 Å². The fourth-order valence-corrected chi connectivity index (χ4v) is 3.39. The van der Waals surface area contributed by atoms with E-state index in [0.29, 0.717) is 6.04 Å². The summed E-state index contributed by atoms with van der Waals surface area (Å²) in [5, 5.41) is 4.26. The summed E-state index contributed by atoms with van der Waals surface area (Å²) in [6.45, 7) is 2.25. The average molecular weight is 249 g/mol. The Labute approximate surface area is 107 Å². The Morgan fingerprint density at radius 3 is 2.94 bits per heavy atom. The Balaban J connectivity index is 1.70. The summed E-state index contributed by atoms with van der Waals surface area (Å²) in [5.74, 6) is 2.32. The van der Waals surface area contributed by atoms with Crippen molar-refractivity contribution in [3.8, 4) is 0 Å². The molecule has 2 nitrogen and oxygen atoms in total. The van der Waals surface area contributed by atoms with E-state index in [1.54, 1.807) is 6.20 Å². The van der Waals surface area contributed by atoms with Gasteiger partial charge in [-0.15, -0.1) is 0 Å². The smallest absolute Gasteiger partial charge is 0.0718 e. The van der Waals surface area contributed by atoms with Crippen molar-refractivity contribution in [1.29, 1.82) is 0 Å². The van der Waals surface area contributed by atoms with Gasteiger partial charge in [-0.05, 0) is 43.6 Å². The van der Waals surface area contributed by atoms with E-state index in [0.717, 1.165) is 28.5 Å². The van der Waals surface area contributed by atoms with Gasteiger partial charge in [0, 0.05) is 12.2 Å². The molecular formula is C14H17ClN2. The minimum absolute atomic E-state index is 0.455. The van der Waals surface area contributed by atoms with Crippen molar-refractivity contribution in [2.45, 2.75) is 25.8 Å². The number of halogens is 1. The molecule has 4 unspecified atom stereocenters. The number of anilines is 1. The molecule has 0 aromatic carbocycles. The molecule has 1 aromatic heterocycles. The summed E-state index contributed by atoms with van der Waals surface area (Å²) in [5.41, 5.74) is 0.952. The third-order valence-corrected chi connectivity index (χ3v) is 4.45. The standard InChI is InChI=1S/C14H17ClN2/c1-9(12-7-10-2-3-11(12)6-10)17-14-8-16-5-4-13(14)15/h2-5,8-12,17H,6-7H2,1H3. The van der Waals surface area contributed by atoms with Crippen LogP contribution < -0.4 is 5.32 Å². The van der Waals surface area contributed by atoms with E-state index >= 15 is 0 Å². The van der Waals surface area contributed by atoms with E-state index in [1.807, 2.05) is 12.3 Å². The second kappa shape index (κ2) is 4.34. The predicted octanol–water partition coefficient (Wildman–Crippen LogP) is 3.75. The first-order valence-corrected chi connectivity index (χ1v) is 6.66. The van der Waals surface area contributed by atoms with Gasteiger partial charge in [-0.3, -0.25) is 4.98 Å². The molecule has 1 N–H and O–H groups in total. The molecule has 0 spiro atoms. The number of nitrogens with zero attached hydrogens (tertiary/aromatic N) is 1. The lowest BCUT2D eigenvalue weighted by molar-refractivity contribution is 0.400. The summed E-state index contributed by atoms with van der Waals surface area (Å²) in [6, 6.07) is 2.29. The fourth-order valence-electron chi connectivity index (χ4n) is 3.23. The normalized spacial score (nSPS) is 31.8. The van der Waals surface area contributed by atoms with Crippen LogP contribution in [-0.2, 0) is 0 Å². The van der Waals surface area contributed by atoms with E-state index in [-0.39, 0.29) is 0 Å². The van der Waals surface area contributed by atoms with Crippen LogP contribution >= 0.6 is 11.6 Å². The minimum Gasteiger partial charge on any atom is -0.380 e. The Hall–Kier alpha value is -1.02. The second-order valence-corrected chi connectivity index (χ2v) is 5.64. The van der Waals surface area contributed by atoms with Crippen LogP contribution in [0.4, 0.5) is 5.69 Å². The van der Waals surface area contributed by atoms with Crippen LogP contribution in [0.1, 0.15) is 19.8 Å². The SMILES string of the molecule is CC(Nc1cnccc1Cl)C1CC2C=CC1C2. The summed E-state index contributed by atoms with van der Waals surface area (Å²) < 4.78 is 0. The number of nitrogens with one attached hydrogen (secondary N) is 1. The third kappa shape index (κ3) is 2.06. The molecule has 2 bridgehead atoms. The molecule has 1 fully saturated rings. The van der Waals surface area contributed by atoms with Crippen molar-refractivity contribution >= 4 is 17.3 Å². The lowest BCUT2D eigenvalue weighted by atomic mass is 9.87. The summed E-state index contributed by atoms with van der Waals surface area (Å²) in [6.07, 6.45) is 11.0. The largest absolute Gasteiger partial charge is 0.380 e. The molecule has 0 aliphatic heterocycles. The number of hydrogen-bond donors (Lipinski definition) is 1. The van der Waals surface area contributed by atoms with Crippen LogP contribution in [0.5, 0.6) is 0 Å². The first-order chi connectivity index (χ1) is 8.24. The molecule has 0 saturated heterocycles. The van der Waals surface area contributed by atoms with Gasteiger partial charge in [-0.25, -0.2) is 0 Å². The Bertz CT molecular complexity index is 444. The van der Waals surface area contributed by atoms with Gasteiger partial charge >= 0.3 is 0 Å². The zero-order valence-electron chi connectivity index (χ0n) is 9.94. The maximum absolute atomic E-state index is 6.14. The van der Waals surface area contributed by atoms with E-state index in [9.17, 15) is 0 Å². The Kier molecular flexibility index (Phi) is 2.83. The molecule has 0 amide bonds. The van der Waals surface area contributed by atoms with Crippen LogP contribution in [0.2, 0.25) is 5.02 Å². The highest BCUT2D eigenvalue weighted by Gasteiger charge is 2.38. The topological polar surface area (TPSA) is 24.9 Å². The number of aromatic nitrogens is 1. The molecule has 17 heavy (non-hydrogen) atoms. The predicted molar refractivity (Wildman–Crippen MR) is 71.2 cm³/mol. The third-order valence-electron chi connectivity index (χ3n) is 4.12. The molecule has 1 aromatic rings. The first-order valence-electron chi connectivity index (χ1n) is 6.28. The van der Waals surface area contributed by atoms with Gasteiger partial charge in [0.1, 0.15) is 0 Å². The quantitative estimate of drug-likeness (QED) is 0.825. The maximum atomic E-state index is 6.14. The van der Waals surface area contributed by atoms with Crippen LogP contribution in [0.3, 0.4) is 0 Å². The Morgan fingerprint density at radius 2 is 2.29 bits per heavy atom. The maximum Gasteiger partial charge on any atom is 0.0718 e. The van der Waals surface area contributed by atoms with Gasteiger partial charge < -0.3 is 5.32 Å². The molecule has 0 radical (unpaired) electrons. The van der Waals surface area contributed by atoms with Crippen molar-refractivity contribution < 1.29 is 0 Å². The fraction of sp³-hybridized carbons (Fsp3) is 0.500. The van der Waals surface area contributed by atoms with Crippen molar-refractivity contribution in [2.24, 2.45) is 17.8 Å². The Morgan fingerprint density at radius 1 is 1.41 bits per heavy atom. The monoisotopic (exact) mass is 248 g/mol. The van der Waals surface area contributed by atoms with Crippen molar-refractivity contribution in [3.63, 3.8) is 0 Å². The summed E-state index contributed by atoms with van der Waals surface area (Å²) in [4.78, 5) is 4.11. The zero-order valence-corrected chi connectivity index (χ0v) is 10.7. The van der Waals surface area contributed by atoms with E-state index in [4.69, 9.17) is 11.6 Å². The lowest BCUT2D eigenvalue weighted by Crippen LogP contribution is -2.28. The molecular weight excluding hydrogens is 232 g/mol. The number of hydrogen-bond acceptors (Lipinski definition) is 2. The molecule has 2 aliphatic rings. The van der Waals surface area contributed by atoms with Gasteiger partial charge in [0.15, 0.2) is 0 Å².